The highest BCUT2D eigenvalue weighted by Gasteiger charge is 2.19. The van der Waals surface area contributed by atoms with E-state index in [-0.39, 0.29) is 33.7 Å². The van der Waals surface area contributed by atoms with Gasteiger partial charge in [0.25, 0.3) is 0 Å². The molecule has 1 unspecified atom stereocenters. The number of methoxy groups -OCH3 is 2. The summed E-state index contributed by atoms with van der Waals surface area (Å²) in [6.45, 7) is 3.25. The Morgan fingerprint density at radius 2 is 1.96 bits per heavy atom. The first kappa shape index (κ1) is 18.6. The molecule has 9 nitrogen and oxygen atoms in total. The smallest absolute Gasteiger partial charge is 0.230 e. The van der Waals surface area contributed by atoms with E-state index in [1.54, 1.807) is 0 Å². The summed E-state index contributed by atoms with van der Waals surface area (Å²) in [5.41, 5.74) is 6.94. The molecule has 0 bridgehead atoms. The highest BCUT2D eigenvalue weighted by molar-refractivity contribution is 7.84. The lowest BCUT2D eigenvalue weighted by Crippen LogP contribution is -2.11. The van der Waals surface area contributed by atoms with Gasteiger partial charge in [-0.25, -0.2) is 14.2 Å². The van der Waals surface area contributed by atoms with Crippen molar-refractivity contribution < 1.29 is 18.5 Å². The molecular weight excluding hydrogens is 346 g/mol. The minimum atomic E-state index is -1.84. The molecule has 0 saturated heterocycles. The Morgan fingerprint density at radius 1 is 1.24 bits per heavy atom. The number of hydrogen-bond donors (Lipinski definition) is 2. The van der Waals surface area contributed by atoms with Crippen molar-refractivity contribution in [2.24, 2.45) is 0 Å². The minimum Gasteiger partial charge on any atom is -0.481 e. The molecule has 2 heterocycles. The van der Waals surface area contributed by atoms with E-state index in [2.05, 4.69) is 20.3 Å². The fourth-order valence-electron chi connectivity index (χ4n) is 2.09. The zero-order valence-corrected chi connectivity index (χ0v) is 15.1. The van der Waals surface area contributed by atoms with Crippen LogP contribution in [0.3, 0.4) is 0 Å². The largest absolute Gasteiger partial charge is 0.481 e. The summed E-state index contributed by atoms with van der Waals surface area (Å²) in [6, 6.07) is 2.97. The van der Waals surface area contributed by atoms with Gasteiger partial charge in [-0.2, -0.15) is 4.98 Å². The second kappa shape index (κ2) is 7.88. The maximum atomic E-state index is 12.8. The zero-order valence-electron chi connectivity index (χ0n) is 14.3. The van der Waals surface area contributed by atoms with Gasteiger partial charge in [0, 0.05) is 18.7 Å². The molecule has 2 aromatic rings. The van der Waals surface area contributed by atoms with Gasteiger partial charge in [-0.1, -0.05) is 6.92 Å². The predicted octanol–water partition coefficient (Wildman–Crippen LogP) is 1.16. The van der Waals surface area contributed by atoms with Gasteiger partial charge in [-0.15, -0.1) is 0 Å². The summed E-state index contributed by atoms with van der Waals surface area (Å²) in [5, 5.41) is 2.67. The van der Waals surface area contributed by atoms with E-state index >= 15 is 0 Å². The highest BCUT2D eigenvalue weighted by atomic mass is 32.2. The normalized spacial score (nSPS) is 11.7. The van der Waals surface area contributed by atoms with Gasteiger partial charge in [-0.3, -0.25) is 4.79 Å². The monoisotopic (exact) mass is 365 g/mol. The Kier molecular flexibility index (Phi) is 5.86. The van der Waals surface area contributed by atoms with Crippen LogP contribution in [-0.2, 0) is 22.0 Å². The molecule has 10 heteroatoms. The SMILES string of the molecule is CCc1c(N)nc(S(=O)c2cc(NC(C)=O)cc(OC)n2)nc1OC. The zero-order chi connectivity index (χ0) is 18.6. The highest BCUT2D eigenvalue weighted by Crippen LogP contribution is 2.26. The molecule has 0 radical (unpaired) electrons. The first-order chi connectivity index (χ1) is 11.9. The summed E-state index contributed by atoms with van der Waals surface area (Å²) in [6.07, 6.45) is 0.575. The Hall–Kier alpha value is -2.75. The molecule has 25 heavy (non-hydrogen) atoms. The number of amides is 1. The molecule has 0 aliphatic carbocycles. The first-order valence-electron chi connectivity index (χ1n) is 7.35. The van der Waals surface area contributed by atoms with Gasteiger partial charge in [0.2, 0.25) is 22.8 Å². The lowest BCUT2D eigenvalue weighted by Gasteiger charge is -2.11. The number of nitrogen functional groups attached to an aromatic ring is 1. The number of carbonyl (C=O) groups is 1. The van der Waals surface area contributed by atoms with Crippen LogP contribution in [-0.4, -0.2) is 39.3 Å². The fraction of sp³-hybridized carbons (Fsp3) is 0.333. The molecule has 3 N–H and O–H groups in total. The number of hydrogen-bond acceptors (Lipinski definition) is 8. The van der Waals surface area contributed by atoms with Crippen molar-refractivity contribution in [3.8, 4) is 11.8 Å². The molecule has 0 aliphatic heterocycles. The lowest BCUT2D eigenvalue weighted by atomic mass is 10.2. The molecule has 0 fully saturated rings. The third-order valence-corrected chi connectivity index (χ3v) is 4.29. The number of carbonyl (C=O) groups excluding carboxylic acids is 1. The second-order valence-electron chi connectivity index (χ2n) is 4.92. The Labute approximate surface area is 147 Å². The van der Waals surface area contributed by atoms with Gasteiger partial charge < -0.3 is 20.5 Å². The Morgan fingerprint density at radius 3 is 2.52 bits per heavy atom. The van der Waals surface area contributed by atoms with Gasteiger partial charge >= 0.3 is 0 Å². The number of ether oxygens (including phenoxy) is 2. The van der Waals surface area contributed by atoms with Gasteiger partial charge in [0.15, 0.2) is 0 Å². The molecule has 1 atom stereocenters. The second-order valence-corrected chi connectivity index (χ2v) is 6.24. The van der Waals surface area contributed by atoms with E-state index in [1.807, 2.05) is 6.92 Å². The van der Waals surface area contributed by atoms with E-state index in [4.69, 9.17) is 15.2 Å². The maximum Gasteiger partial charge on any atom is 0.230 e. The van der Waals surface area contributed by atoms with Crippen LogP contribution in [0.5, 0.6) is 11.8 Å². The van der Waals surface area contributed by atoms with Crippen LogP contribution in [0.15, 0.2) is 22.3 Å². The van der Waals surface area contributed by atoms with E-state index in [0.717, 1.165) is 0 Å². The van der Waals surface area contributed by atoms with E-state index in [1.165, 1.54) is 33.3 Å². The van der Waals surface area contributed by atoms with Crippen molar-refractivity contribution >= 4 is 28.2 Å². The Balaban J connectivity index is 2.50. The number of nitrogens with two attached hydrogens (primary N) is 1. The fourth-order valence-corrected chi connectivity index (χ4v) is 3.03. The predicted molar refractivity (Wildman–Crippen MR) is 92.1 cm³/mol. The topological polar surface area (TPSA) is 129 Å². The quantitative estimate of drug-likeness (QED) is 0.730. The van der Waals surface area contributed by atoms with Crippen LogP contribution in [0, 0.1) is 0 Å². The van der Waals surface area contributed by atoms with Crippen LogP contribution in [0.4, 0.5) is 11.5 Å². The van der Waals surface area contributed by atoms with Gasteiger partial charge in [0.05, 0.1) is 19.8 Å². The van der Waals surface area contributed by atoms with Crippen LogP contribution in [0.2, 0.25) is 0 Å². The number of aromatic nitrogens is 3. The lowest BCUT2D eigenvalue weighted by molar-refractivity contribution is -0.114. The van der Waals surface area contributed by atoms with Crippen LogP contribution in [0.25, 0.3) is 0 Å². The van der Waals surface area contributed by atoms with Gasteiger partial charge in [0.1, 0.15) is 21.6 Å². The average molecular weight is 365 g/mol. The maximum absolute atomic E-state index is 12.8. The van der Waals surface area contributed by atoms with Crippen molar-refractivity contribution in [1.29, 1.82) is 0 Å². The van der Waals surface area contributed by atoms with Crippen LogP contribution in [0.1, 0.15) is 19.4 Å². The molecule has 0 saturated carbocycles. The van der Waals surface area contributed by atoms with E-state index in [9.17, 15) is 9.00 Å². The summed E-state index contributed by atoms with van der Waals surface area (Å²) in [7, 11) is 1.03. The summed E-state index contributed by atoms with van der Waals surface area (Å²) < 4.78 is 23.1. The van der Waals surface area contributed by atoms with Crippen molar-refractivity contribution in [3.05, 3.63) is 17.7 Å². The van der Waals surface area contributed by atoms with Crippen molar-refractivity contribution in [3.63, 3.8) is 0 Å². The molecule has 0 aromatic carbocycles. The minimum absolute atomic E-state index is 0.0407. The Bertz CT molecular complexity index is 828. The number of pyridine rings is 1. The molecule has 0 spiro atoms. The van der Waals surface area contributed by atoms with Crippen molar-refractivity contribution in [2.75, 3.05) is 25.3 Å². The van der Waals surface area contributed by atoms with E-state index in [0.29, 0.717) is 17.7 Å². The van der Waals surface area contributed by atoms with Crippen LogP contribution < -0.4 is 20.5 Å². The third kappa shape index (κ3) is 4.21. The number of anilines is 2. The molecule has 0 aliphatic rings. The summed E-state index contributed by atoms with van der Waals surface area (Å²) in [4.78, 5) is 23.6. The van der Waals surface area contributed by atoms with E-state index < -0.39 is 10.8 Å². The standard InChI is InChI=1S/C15H19N5O4S/c1-5-10-13(16)19-15(20-14(10)24-4)25(22)12-7-9(17-8(2)21)6-11(18-12)23-3/h6-7H,5H2,1-4H3,(H2,16,19,20)(H,17,18,21). The average Bonchev–Trinajstić information content (AvgIpc) is 2.59. The molecular formula is C15H19N5O4S. The van der Waals surface area contributed by atoms with Crippen molar-refractivity contribution in [2.45, 2.75) is 30.5 Å². The first-order valence-corrected chi connectivity index (χ1v) is 8.50. The number of rotatable bonds is 6. The molecule has 2 aromatic heterocycles. The molecule has 134 valence electrons. The number of nitrogens with one attached hydrogen (secondary N) is 1. The summed E-state index contributed by atoms with van der Waals surface area (Å²) in [5.74, 6) is 0.380. The molecule has 2 rings (SSSR count). The van der Waals surface area contributed by atoms with Crippen molar-refractivity contribution in [1.82, 2.24) is 15.0 Å². The number of nitrogens with zero attached hydrogens (tertiary/aromatic N) is 3. The summed E-state index contributed by atoms with van der Waals surface area (Å²) >= 11 is 0. The third-order valence-electron chi connectivity index (χ3n) is 3.19. The van der Waals surface area contributed by atoms with Crippen LogP contribution >= 0.6 is 0 Å². The van der Waals surface area contributed by atoms with Gasteiger partial charge in [-0.05, 0) is 12.5 Å². The molecule has 1 amide bonds.